The van der Waals surface area contributed by atoms with Crippen LogP contribution in [0.25, 0.3) is 0 Å². The summed E-state index contributed by atoms with van der Waals surface area (Å²) in [5, 5.41) is 3.67. The Morgan fingerprint density at radius 1 is 1.30 bits per heavy atom. The maximum Gasteiger partial charge on any atom is 0.125 e. The molecule has 1 aliphatic rings. The zero-order valence-electron chi connectivity index (χ0n) is 13.4. The van der Waals surface area contributed by atoms with Gasteiger partial charge in [-0.2, -0.15) is 0 Å². The van der Waals surface area contributed by atoms with Gasteiger partial charge in [-0.1, -0.05) is 46.0 Å². The van der Waals surface area contributed by atoms with Gasteiger partial charge in [-0.15, -0.1) is 0 Å². The topological polar surface area (TPSA) is 29.9 Å². The third kappa shape index (κ3) is 3.85. The predicted molar refractivity (Wildman–Crippen MR) is 84.6 cm³/mol. The minimum absolute atomic E-state index is 0.437. The van der Waals surface area contributed by atoms with Crippen molar-refractivity contribution in [3.63, 3.8) is 0 Å². The number of imidazole rings is 1. The summed E-state index contributed by atoms with van der Waals surface area (Å²) in [5.41, 5.74) is 0. The van der Waals surface area contributed by atoms with Crippen LogP contribution in [0.5, 0.6) is 0 Å². The third-order valence-corrected chi connectivity index (χ3v) is 4.89. The summed E-state index contributed by atoms with van der Waals surface area (Å²) in [6.07, 6.45) is 13.7. The second-order valence-corrected chi connectivity index (χ2v) is 6.35. The van der Waals surface area contributed by atoms with Gasteiger partial charge in [-0.05, 0) is 31.2 Å². The number of hydrogen-bond donors (Lipinski definition) is 1. The Morgan fingerprint density at radius 2 is 2.05 bits per heavy atom. The zero-order valence-corrected chi connectivity index (χ0v) is 13.4. The molecule has 114 valence electrons. The molecule has 2 rings (SSSR count). The normalized spacial score (nSPS) is 24.8. The third-order valence-electron chi connectivity index (χ3n) is 4.89. The van der Waals surface area contributed by atoms with Crippen molar-refractivity contribution in [1.82, 2.24) is 14.9 Å². The Bertz CT molecular complexity index is 377. The van der Waals surface area contributed by atoms with Crippen molar-refractivity contribution in [2.45, 2.75) is 64.8 Å². The number of aromatic nitrogens is 2. The zero-order chi connectivity index (χ0) is 14.4. The van der Waals surface area contributed by atoms with Crippen LogP contribution in [0.4, 0.5) is 0 Å². The van der Waals surface area contributed by atoms with Crippen LogP contribution in [-0.2, 0) is 7.05 Å². The Hall–Kier alpha value is -0.830. The van der Waals surface area contributed by atoms with Gasteiger partial charge in [0.2, 0.25) is 0 Å². The predicted octanol–water partition coefficient (Wildman–Crippen LogP) is 4.07. The molecule has 0 radical (unpaired) electrons. The molecule has 1 unspecified atom stereocenters. The number of nitrogens with one attached hydrogen (secondary N) is 1. The summed E-state index contributed by atoms with van der Waals surface area (Å²) < 4.78 is 2.18. The molecule has 1 aromatic heterocycles. The second-order valence-electron chi connectivity index (χ2n) is 6.35. The smallest absolute Gasteiger partial charge is 0.125 e. The van der Waals surface area contributed by atoms with Gasteiger partial charge in [0.15, 0.2) is 0 Å². The van der Waals surface area contributed by atoms with E-state index >= 15 is 0 Å². The molecular formula is C17H31N3. The van der Waals surface area contributed by atoms with Crippen molar-refractivity contribution in [2.75, 3.05) is 6.54 Å². The molecule has 0 amide bonds. The van der Waals surface area contributed by atoms with Crippen LogP contribution in [0.2, 0.25) is 0 Å². The van der Waals surface area contributed by atoms with Crippen LogP contribution in [0.1, 0.15) is 70.7 Å². The molecule has 0 saturated heterocycles. The van der Waals surface area contributed by atoms with Gasteiger partial charge >= 0.3 is 0 Å². The lowest BCUT2D eigenvalue weighted by molar-refractivity contribution is 0.208. The lowest BCUT2D eigenvalue weighted by Gasteiger charge is -2.34. The number of hydrogen-bond acceptors (Lipinski definition) is 2. The van der Waals surface area contributed by atoms with Crippen molar-refractivity contribution < 1.29 is 0 Å². The molecule has 0 aliphatic heterocycles. The van der Waals surface area contributed by atoms with Crippen LogP contribution in [0.15, 0.2) is 12.4 Å². The minimum atomic E-state index is 0.437. The van der Waals surface area contributed by atoms with E-state index in [2.05, 4.69) is 42.0 Å². The molecule has 0 spiro atoms. The van der Waals surface area contributed by atoms with E-state index in [0.29, 0.717) is 6.04 Å². The highest BCUT2D eigenvalue weighted by Crippen LogP contribution is 2.38. The van der Waals surface area contributed by atoms with E-state index in [1.807, 2.05) is 6.20 Å². The molecule has 0 aromatic carbocycles. The van der Waals surface area contributed by atoms with Crippen molar-refractivity contribution >= 4 is 0 Å². The van der Waals surface area contributed by atoms with Gasteiger partial charge in [0, 0.05) is 19.4 Å². The van der Waals surface area contributed by atoms with Gasteiger partial charge in [0.1, 0.15) is 5.82 Å². The summed E-state index contributed by atoms with van der Waals surface area (Å²) in [4.78, 5) is 4.58. The average Bonchev–Trinajstić information content (AvgIpc) is 2.89. The van der Waals surface area contributed by atoms with Crippen LogP contribution in [-0.4, -0.2) is 16.1 Å². The molecule has 1 N–H and O–H groups in total. The maximum atomic E-state index is 4.58. The first kappa shape index (κ1) is 15.6. The average molecular weight is 277 g/mol. The van der Waals surface area contributed by atoms with Crippen LogP contribution >= 0.6 is 0 Å². The van der Waals surface area contributed by atoms with Gasteiger partial charge in [-0.3, -0.25) is 0 Å². The number of aryl methyl sites for hydroxylation is 1. The monoisotopic (exact) mass is 277 g/mol. The number of nitrogens with zero attached hydrogens (tertiary/aromatic N) is 2. The summed E-state index contributed by atoms with van der Waals surface area (Å²) in [7, 11) is 2.11. The maximum absolute atomic E-state index is 4.58. The van der Waals surface area contributed by atoms with Gasteiger partial charge in [0.25, 0.3) is 0 Å². The standard InChI is InChI=1S/C17H31N3/c1-4-6-7-14-8-10-15(11-9-14)16(18-5-2)17-19-12-13-20(17)3/h12-16,18H,4-11H2,1-3H3. The van der Waals surface area contributed by atoms with Crippen molar-refractivity contribution in [3.8, 4) is 0 Å². The van der Waals surface area contributed by atoms with Crippen LogP contribution < -0.4 is 5.32 Å². The van der Waals surface area contributed by atoms with Crippen LogP contribution in [0, 0.1) is 11.8 Å². The first-order chi connectivity index (χ1) is 9.76. The summed E-state index contributed by atoms with van der Waals surface area (Å²) in [6.45, 7) is 5.52. The highest BCUT2D eigenvalue weighted by Gasteiger charge is 2.29. The van der Waals surface area contributed by atoms with E-state index in [0.717, 1.165) is 18.4 Å². The molecule has 1 atom stereocenters. The Morgan fingerprint density at radius 3 is 2.60 bits per heavy atom. The van der Waals surface area contributed by atoms with Crippen molar-refractivity contribution in [2.24, 2.45) is 18.9 Å². The van der Waals surface area contributed by atoms with E-state index in [9.17, 15) is 0 Å². The first-order valence-electron chi connectivity index (χ1n) is 8.46. The molecule has 1 fully saturated rings. The largest absolute Gasteiger partial charge is 0.337 e. The van der Waals surface area contributed by atoms with Crippen molar-refractivity contribution in [3.05, 3.63) is 18.2 Å². The molecule has 1 saturated carbocycles. The highest BCUT2D eigenvalue weighted by atomic mass is 15.1. The van der Waals surface area contributed by atoms with Gasteiger partial charge < -0.3 is 9.88 Å². The number of unbranched alkanes of at least 4 members (excludes halogenated alkanes) is 1. The SMILES string of the molecule is CCCCC1CCC(C(NCC)c2nccn2C)CC1. The molecular weight excluding hydrogens is 246 g/mol. The molecule has 3 nitrogen and oxygen atoms in total. The second kappa shape index (κ2) is 7.82. The summed E-state index contributed by atoms with van der Waals surface area (Å²) >= 11 is 0. The molecule has 20 heavy (non-hydrogen) atoms. The Labute approximate surface area is 124 Å². The van der Waals surface area contributed by atoms with E-state index in [1.54, 1.807) is 0 Å². The fourth-order valence-electron chi connectivity index (χ4n) is 3.67. The summed E-state index contributed by atoms with van der Waals surface area (Å²) in [5.74, 6) is 2.95. The fourth-order valence-corrected chi connectivity index (χ4v) is 3.67. The minimum Gasteiger partial charge on any atom is -0.337 e. The quantitative estimate of drug-likeness (QED) is 0.814. The molecule has 0 bridgehead atoms. The molecule has 1 aliphatic carbocycles. The van der Waals surface area contributed by atoms with Crippen LogP contribution in [0.3, 0.4) is 0 Å². The fraction of sp³-hybridized carbons (Fsp3) is 0.824. The molecule has 1 aromatic rings. The molecule has 1 heterocycles. The van der Waals surface area contributed by atoms with Gasteiger partial charge in [-0.25, -0.2) is 4.98 Å². The highest BCUT2D eigenvalue weighted by molar-refractivity contribution is 5.02. The Balaban J connectivity index is 1.93. The van der Waals surface area contributed by atoms with E-state index < -0.39 is 0 Å². The molecule has 3 heteroatoms. The van der Waals surface area contributed by atoms with E-state index in [-0.39, 0.29) is 0 Å². The Kier molecular flexibility index (Phi) is 6.08. The van der Waals surface area contributed by atoms with Crippen molar-refractivity contribution in [1.29, 1.82) is 0 Å². The summed E-state index contributed by atoms with van der Waals surface area (Å²) in [6, 6.07) is 0.437. The van der Waals surface area contributed by atoms with E-state index in [4.69, 9.17) is 0 Å². The lowest BCUT2D eigenvalue weighted by Crippen LogP contribution is -2.32. The van der Waals surface area contributed by atoms with Gasteiger partial charge in [0.05, 0.1) is 6.04 Å². The number of rotatable bonds is 7. The first-order valence-corrected chi connectivity index (χ1v) is 8.46. The lowest BCUT2D eigenvalue weighted by atomic mass is 9.76. The van der Waals surface area contributed by atoms with E-state index in [1.165, 1.54) is 50.8 Å².